The molecule has 0 atom stereocenters. The van der Waals surface area contributed by atoms with E-state index in [2.05, 4.69) is 4.72 Å². The molecular weight excluding hydrogens is 380 g/mol. The Morgan fingerprint density at radius 2 is 1.88 bits per heavy atom. The maximum absolute atomic E-state index is 12.7. The largest absolute Gasteiger partial charge is 0.308 e. The van der Waals surface area contributed by atoms with Crippen LogP contribution in [0, 0.1) is 6.92 Å². The Kier molecular flexibility index (Phi) is 4.66. The lowest BCUT2D eigenvalue weighted by Crippen LogP contribution is -2.15. The van der Waals surface area contributed by atoms with E-state index in [0.29, 0.717) is 15.4 Å². The van der Waals surface area contributed by atoms with Crippen LogP contribution in [0.2, 0.25) is 5.02 Å². The van der Waals surface area contributed by atoms with Crippen LogP contribution >= 0.6 is 22.9 Å². The number of aromatic nitrogens is 1. The van der Waals surface area contributed by atoms with Gasteiger partial charge in [-0.15, -0.1) is 0 Å². The summed E-state index contributed by atoms with van der Waals surface area (Å²) in [4.78, 5) is 12.1. The van der Waals surface area contributed by atoms with Crippen molar-refractivity contribution in [1.82, 2.24) is 4.57 Å². The third-order valence-electron chi connectivity index (χ3n) is 3.86. The fourth-order valence-electron chi connectivity index (χ4n) is 2.58. The van der Waals surface area contributed by atoms with Gasteiger partial charge in [-0.2, -0.15) is 0 Å². The standard InChI is InChI=1S/C17H17ClN2O3S2/c1-10(2)20-15-7-6-13(9-16(15)24-17(20)21)25(22,23)19-14-8-12(18)5-4-11(14)3/h4-10,19H,1-3H3. The fraction of sp³-hybridized carbons (Fsp3) is 0.235. The van der Waals surface area contributed by atoms with Crippen LogP contribution in [0.5, 0.6) is 0 Å². The van der Waals surface area contributed by atoms with E-state index >= 15 is 0 Å². The molecule has 1 heterocycles. The first-order valence-electron chi connectivity index (χ1n) is 7.63. The molecule has 0 fully saturated rings. The van der Waals surface area contributed by atoms with Crippen molar-refractivity contribution >= 4 is 48.9 Å². The molecule has 1 aromatic heterocycles. The quantitative estimate of drug-likeness (QED) is 0.710. The zero-order valence-corrected chi connectivity index (χ0v) is 16.3. The van der Waals surface area contributed by atoms with Crippen LogP contribution < -0.4 is 9.60 Å². The molecule has 0 aliphatic carbocycles. The smallest absolute Gasteiger partial charge is 0.296 e. The molecule has 0 saturated heterocycles. The van der Waals surface area contributed by atoms with Crippen molar-refractivity contribution in [2.24, 2.45) is 0 Å². The van der Waals surface area contributed by atoms with Crippen molar-refractivity contribution in [3.8, 4) is 0 Å². The van der Waals surface area contributed by atoms with Crippen LogP contribution in [0.25, 0.3) is 10.2 Å². The number of aryl methyl sites for hydroxylation is 1. The maximum Gasteiger partial charge on any atom is 0.308 e. The number of thiazole rings is 1. The van der Waals surface area contributed by atoms with Crippen LogP contribution in [-0.4, -0.2) is 13.0 Å². The third-order valence-corrected chi connectivity index (χ3v) is 6.37. The van der Waals surface area contributed by atoms with E-state index in [1.807, 2.05) is 13.8 Å². The van der Waals surface area contributed by atoms with Gasteiger partial charge in [-0.3, -0.25) is 14.1 Å². The highest BCUT2D eigenvalue weighted by Crippen LogP contribution is 2.27. The van der Waals surface area contributed by atoms with Gasteiger partial charge in [-0.05, 0) is 56.7 Å². The second-order valence-electron chi connectivity index (χ2n) is 6.03. The number of hydrogen-bond donors (Lipinski definition) is 1. The van der Waals surface area contributed by atoms with Crippen molar-refractivity contribution < 1.29 is 8.42 Å². The lowest BCUT2D eigenvalue weighted by molar-refractivity contribution is 0.601. The zero-order valence-electron chi connectivity index (χ0n) is 13.9. The molecule has 132 valence electrons. The summed E-state index contributed by atoms with van der Waals surface area (Å²) < 4.78 is 30.3. The molecule has 25 heavy (non-hydrogen) atoms. The van der Waals surface area contributed by atoms with Gasteiger partial charge in [-0.1, -0.05) is 29.0 Å². The van der Waals surface area contributed by atoms with Crippen molar-refractivity contribution in [1.29, 1.82) is 0 Å². The van der Waals surface area contributed by atoms with Crippen LogP contribution in [0.4, 0.5) is 5.69 Å². The molecule has 3 aromatic rings. The van der Waals surface area contributed by atoms with Gasteiger partial charge in [-0.25, -0.2) is 8.42 Å². The van der Waals surface area contributed by atoms with Gasteiger partial charge in [0.05, 0.1) is 20.8 Å². The van der Waals surface area contributed by atoms with Crippen LogP contribution in [0.1, 0.15) is 25.5 Å². The van der Waals surface area contributed by atoms with Crippen molar-refractivity contribution in [3.63, 3.8) is 0 Å². The summed E-state index contributed by atoms with van der Waals surface area (Å²) in [5.41, 5.74) is 1.94. The number of sulfonamides is 1. The minimum Gasteiger partial charge on any atom is -0.296 e. The lowest BCUT2D eigenvalue weighted by atomic mass is 10.2. The van der Waals surface area contributed by atoms with Gasteiger partial charge in [0, 0.05) is 11.1 Å². The molecule has 0 spiro atoms. The number of nitrogens with zero attached hydrogens (tertiary/aromatic N) is 1. The predicted molar refractivity (Wildman–Crippen MR) is 103 cm³/mol. The van der Waals surface area contributed by atoms with E-state index in [-0.39, 0.29) is 15.8 Å². The van der Waals surface area contributed by atoms with E-state index in [9.17, 15) is 13.2 Å². The first-order valence-corrected chi connectivity index (χ1v) is 10.3. The molecule has 8 heteroatoms. The predicted octanol–water partition coefficient (Wildman–Crippen LogP) is 4.41. The topological polar surface area (TPSA) is 68.2 Å². The van der Waals surface area contributed by atoms with Gasteiger partial charge >= 0.3 is 4.87 Å². The summed E-state index contributed by atoms with van der Waals surface area (Å²) in [5.74, 6) is 0. The summed E-state index contributed by atoms with van der Waals surface area (Å²) in [7, 11) is -3.78. The number of fused-ring (bicyclic) bond motifs is 1. The monoisotopic (exact) mass is 396 g/mol. The highest BCUT2D eigenvalue weighted by atomic mass is 35.5. The molecule has 5 nitrogen and oxygen atoms in total. The number of anilines is 1. The fourth-order valence-corrected chi connectivity index (χ4v) is 5.03. The molecule has 1 N–H and O–H groups in total. The first kappa shape index (κ1) is 18.0. The van der Waals surface area contributed by atoms with E-state index in [4.69, 9.17) is 11.6 Å². The number of benzene rings is 2. The second-order valence-corrected chi connectivity index (χ2v) is 9.14. The van der Waals surface area contributed by atoms with Gasteiger partial charge in [0.25, 0.3) is 10.0 Å². The third kappa shape index (κ3) is 3.44. The van der Waals surface area contributed by atoms with Crippen LogP contribution in [0.3, 0.4) is 0 Å². The average molecular weight is 397 g/mol. The molecule has 0 amide bonds. The lowest BCUT2D eigenvalue weighted by Gasteiger charge is -2.11. The zero-order chi connectivity index (χ0) is 18.4. The van der Waals surface area contributed by atoms with Gasteiger partial charge in [0.1, 0.15) is 0 Å². The van der Waals surface area contributed by atoms with Gasteiger partial charge in [0.15, 0.2) is 0 Å². The van der Waals surface area contributed by atoms with Crippen LogP contribution in [-0.2, 0) is 10.0 Å². The normalized spacial score (nSPS) is 12.0. The molecule has 0 radical (unpaired) electrons. The molecule has 0 aliphatic heterocycles. The number of halogens is 1. The summed E-state index contributed by atoms with van der Waals surface area (Å²) in [6.07, 6.45) is 0. The minimum absolute atomic E-state index is 0.0101. The minimum atomic E-state index is -3.78. The summed E-state index contributed by atoms with van der Waals surface area (Å²) >= 11 is 6.99. The molecule has 3 rings (SSSR count). The summed E-state index contributed by atoms with van der Waals surface area (Å²) in [5, 5.41) is 0.450. The molecule has 0 unspecified atom stereocenters. The van der Waals surface area contributed by atoms with E-state index in [0.717, 1.165) is 22.4 Å². The molecule has 2 aromatic carbocycles. The highest BCUT2D eigenvalue weighted by Gasteiger charge is 2.18. The maximum atomic E-state index is 12.7. The Morgan fingerprint density at radius 1 is 1.16 bits per heavy atom. The Hall–Kier alpha value is -1.83. The molecular formula is C17H17ClN2O3S2. The SMILES string of the molecule is Cc1ccc(Cl)cc1NS(=O)(=O)c1ccc2c(c1)sc(=O)n2C(C)C. The highest BCUT2D eigenvalue weighted by molar-refractivity contribution is 7.92. The van der Waals surface area contributed by atoms with E-state index < -0.39 is 10.0 Å². The Balaban J connectivity index is 2.06. The van der Waals surface area contributed by atoms with Gasteiger partial charge < -0.3 is 0 Å². The average Bonchev–Trinajstić information content (AvgIpc) is 2.85. The van der Waals surface area contributed by atoms with E-state index in [1.165, 1.54) is 12.1 Å². The van der Waals surface area contributed by atoms with Crippen molar-refractivity contribution in [2.45, 2.75) is 31.7 Å². The second kappa shape index (κ2) is 6.48. The number of nitrogens with one attached hydrogen (secondary N) is 1. The van der Waals surface area contributed by atoms with Crippen LogP contribution in [0.15, 0.2) is 46.1 Å². The Bertz CT molecular complexity index is 1110. The van der Waals surface area contributed by atoms with Gasteiger partial charge in [0.2, 0.25) is 0 Å². The number of rotatable bonds is 4. The van der Waals surface area contributed by atoms with Crippen molar-refractivity contribution in [3.05, 3.63) is 56.7 Å². The Morgan fingerprint density at radius 3 is 2.56 bits per heavy atom. The summed E-state index contributed by atoms with van der Waals surface area (Å²) in [6, 6.07) is 9.74. The molecule has 0 aliphatic rings. The molecule has 0 saturated carbocycles. The van der Waals surface area contributed by atoms with E-state index in [1.54, 1.807) is 35.8 Å². The first-order chi connectivity index (χ1) is 11.7. The summed E-state index contributed by atoms with van der Waals surface area (Å²) in [6.45, 7) is 5.63. The Labute approximate surface area is 154 Å². The molecule has 0 bridgehead atoms. The van der Waals surface area contributed by atoms with Crippen molar-refractivity contribution in [2.75, 3.05) is 4.72 Å². The number of hydrogen-bond acceptors (Lipinski definition) is 4.